The highest BCUT2D eigenvalue weighted by Gasteiger charge is 2.30. The first-order valence-electron chi connectivity index (χ1n) is 10.5. The molecule has 0 aromatic heterocycles. The molecule has 6 rings (SSSR count). The number of nitrogen functional groups attached to an aromatic ring is 1. The molecule has 6 nitrogen and oxygen atoms in total. The van der Waals surface area contributed by atoms with E-state index in [1.54, 1.807) is 11.0 Å². The number of amides is 2. The Kier molecular flexibility index (Phi) is 3.95. The van der Waals surface area contributed by atoms with E-state index in [-0.39, 0.29) is 11.8 Å². The van der Waals surface area contributed by atoms with Crippen LogP contribution in [0.15, 0.2) is 72.8 Å². The van der Waals surface area contributed by atoms with Crippen molar-refractivity contribution in [1.29, 1.82) is 0 Å². The third-order valence-corrected chi connectivity index (χ3v) is 6.25. The number of para-hydroxylation sites is 4. The standard InChI is InChI=1S/C26H20N4O2/c27-19-5-1-4-8-22(19)30-14-16-10-11-17-23-15(9-12-18(24(16)23)26(30)32)13-28-20-6-2-3-7-21(20)29-25(17)31/h1-12,28H,13-14,27H2,(H,29,31). The molecule has 4 aromatic carbocycles. The van der Waals surface area contributed by atoms with E-state index in [2.05, 4.69) is 10.6 Å². The number of anilines is 4. The second-order valence-electron chi connectivity index (χ2n) is 8.10. The highest BCUT2D eigenvalue weighted by Crippen LogP contribution is 2.39. The molecule has 4 aromatic rings. The van der Waals surface area contributed by atoms with Crippen LogP contribution in [0.5, 0.6) is 0 Å². The van der Waals surface area contributed by atoms with Crippen LogP contribution in [0.25, 0.3) is 10.8 Å². The van der Waals surface area contributed by atoms with Gasteiger partial charge in [-0.25, -0.2) is 0 Å². The van der Waals surface area contributed by atoms with E-state index in [4.69, 9.17) is 5.73 Å². The molecular formula is C26H20N4O2. The zero-order valence-corrected chi connectivity index (χ0v) is 17.2. The minimum atomic E-state index is -0.187. The first kappa shape index (κ1) is 18.4. The number of nitrogens with two attached hydrogens (primary N) is 1. The predicted molar refractivity (Wildman–Crippen MR) is 127 cm³/mol. The fourth-order valence-electron chi connectivity index (χ4n) is 4.73. The van der Waals surface area contributed by atoms with Crippen molar-refractivity contribution in [2.45, 2.75) is 13.1 Å². The molecule has 0 fully saturated rings. The van der Waals surface area contributed by atoms with Crippen molar-refractivity contribution in [3.8, 4) is 0 Å². The fraction of sp³-hybridized carbons (Fsp3) is 0.0769. The van der Waals surface area contributed by atoms with Crippen LogP contribution in [0.4, 0.5) is 22.7 Å². The maximum atomic E-state index is 13.5. The van der Waals surface area contributed by atoms with Crippen molar-refractivity contribution in [3.05, 3.63) is 95.1 Å². The summed E-state index contributed by atoms with van der Waals surface area (Å²) in [4.78, 5) is 28.5. The molecule has 32 heavy (non-hydrogen) atoms. The Morgan fingerprint density at radius 3 is 2.28 bits per heavy atom. The molecule has 0 atom stereocenters. The molecular weight excluding hydrogens is 400 g/mol. The average molecular weight is 420 g/mol. The number of fused-ring (bicyclic) bond motifs is 1. The summed E-state index contributed by atoms with van der Waals surface area (Å²) in [5.74, 6) is -0.302. The van der Waals surface area contributed by atoms with E-state index >= 15 is 0 Å². The summed E-state index contributed by atoms with van der Waals surface area (Å²) in [7, 11) is 0. The number of benzene rings is 4. The molecule has 0 aliphatic carbocycles. The summed E-state index contributed by atoms with van der Waals surface area (Å²) < 4.78 is 0. The van der Waals surface area contributed by atoms with Crippen LogP contribution < -0.4 is 21.3 Å². The average Bonchev–Trinajstić information content (AvgIpc) is 2.86. The van der Waals surface area contributed by atoms with Gasteiger partial charge in [0.1, 0.15) is 0 Å². The molecule has 0 saturated carbocycles. The SMILES string of the molecule is Nc1ccccc1N1Cc2ccc3c4c(ccc(c24)C1=O)CNc1ccccc1NC3=O. The molecule has 0 bridgehead atoms. The summed E-state index contributed by atoms with van der Waals surface area (Å²) in [6.07, 6.45) is 0. The van der Waals surface area contributed by atoms with Crippen LogP contribution >= 0.6 is 0 Å². The Morgan fingerprint density at radius 2 is 1.44 bits per heavy atom. The first-order valence-corrected chi connectivity index (χ1v) is 10.5. The topological polar surface area (TPSA) is 87.5 Å². The highest BCUT2D eigenvalue weighted by atomic mass is 16.2. The van der Waals surface area contributed by atoms with Gasteiger partial charge in [0, 0.05) is 28.4 Å². The van der Waals surface area contributed by atoms with Crippen LogP contribution in [0.2, 0.25) is 0 Å². The van der Waals surface area contributed by atoms with Crippen molar-refractivity contribution in [2.24, 2.45) is 0 Å². The smallest absolute Gasteiger partial charge is 0.259 e. The summed E-state index contributed by atoms with van der Waals surface area (Å²) >= 11 is 0. The number of nitrogens with zero attached hydrogens (tertiary/aromatic N) is 1. The van der Waals surface area contributed by atoms with Gasteiger partial charge in [-0.15, -0.1) is 0 Å². The molecule has 0 saturated heterocycles. The lowest BCUT2D eigenvalue weighted by atomic mass is 9.88. The number of nitrogens with one attached hydrogen (secondary N) is 2. The van der Waals surface area contributed by atoms with E-state index in [9.17, 15) is 9.59 Å². The zero-order valence-electron chi connectivity index (χ0n) is 17.2. The van der Waals surface area contributed by atoms with Crippen molar-refractivity contribution < 1.29 is 9.59 Å². The van der Waals surface area contributed by atoms with Crippen LogP contribution in [0.1, 0.15) is 31.8 Å². The fourth-order valence-corrected chi connectivity index (χ4v) is 4.73. The molecule has 4 N–H and O–H groups in total. The molecule has 0 spiro atoms. The molecule has 0 radical (unpaired) electrons. The van der Waals surface area contributed by atoms with Crippen molar-refractivity contribution >= 4 is 45.3 Å². The molecule has 2 aliphatic rings. The van der Waals surface area contributed by atoms with Crippen LogP contribution in [0.3, 0.4) is 0 Å². The molecule has 0 unspecified atom stereocenters. The Morgan fingerprint density at radius 1 is 0.750 bits per heavy atom. The number of hydrogen-bond acceptors (Lipinski definition) is 4. The number of rotatable bonds is 1. The first-order chi connectivity index (χ1) is 15.6. The van der Waals surface area contributed by atoms with Gasteiger partial charge in [-0.2, -0.15) is 0 Å². The summed E-state index contributed by atoms with van der Waals surface area (Å²) in [5.41, 5.74) is 12.1. The normalized spacial score (nSPS) is 14.7. The van der Waals surface area contributed by atoms with Crippen LogP contribution in [-0.4, -0.2) is 11.8 Å². The van der Waals surface area contributed by atoms with E-state index in [0.717, 1.165) is 33.3 Å². The Bertz CT molecular complexity index is 1440. The van der Waals surface area contributed by atoms with Gasteiger partial charge < -0.3 is 21.3 Å². The molecule has 156 valence electrons. The van der Waals surface area contributed by atoms with Crippen molar-refractivity contribution in [2.75, 3.05) is 21.3 Å². The Balaban J connectivity index is 1.55. The third kappa shape index (κ3) is 2.66. The molecule has 6 heteroatoms. The van der Waals surface area contributed by atoms with E-state index < -0.39 is 0 Å². The number of carbonyl (C=O) groups excluding carboxylic acids is 2. The van der Waals surface area contributed by atoms with Crippen molar-refractivity contribution in [1.82, 2.24) is 0 Å². The summed E-state index contributed by atoms with van der Waals surface area (Å²) in [6.45, 7) is 0.943. The summed E-state index contributed by atoms with van der Waals surface area (Å²) in [6, 6.07) is 22.6. The summed E-state index contributed by atoms with van der Waals surface area (Å²) in [5, 5.41) is 8.12. The number of carbonyl (C=O) groups is 2. The molecule has 2 aliphatic heterocycles. The Labute approximate surface area is 184 Å². The lowest BCUT2D eigenvalue weighted by Gasteiger charge is -2.31. The molecule has 2 amide bonds. The van der Waals surface area contributed by atoms with Crippen molar-refractivity contribution in [3.63, 3.8) is 0 Å². The largest absolute Gasteiger partial charge is 0.397 e. The van der Waals surface area contributed by atoms with Gasteiger partial charge in [0.15, 0.2) is 0 Å². The van der Waals surface area contributed by atoms with Gasteiger partial charge in [0.25, 0.3) is 11.8 Å². The monoisotopic (exact) mass is 420 g/mol. The van der Waals surface area contributed by atoms with E-state index in [1.165, 1.54) is 0 Å². The predicted octanol–water partition coefficient (Wildman–Crippen LogP) is 4.76. The lowest BCUT2D eigenvalue weighted by Crippen LogP contribution is -2.34. The lowest BCUT2D eigenvalue weighted by molar-refractivity contribution is 0.0982. The quantitative estimate of drug-likeness (QED) is 0.388. The van der Waals surface area contributed by atoms with Gasteiger partial charge >= 0.3 is 0 Å². The minimum Gasteiger partial charge on any atom is -0.397 e. The van der Waals surface area contributed by atoms with Gasteiger partial charge in [0.2, 0.25) is 0 Å². The second kappa shape index (κ2) is 6.85. The highest BCUT2D eigenvalue weighted by molar-refractivity contribution is 6.23. The third-order valence-electron chi connectivity index (χ3n) is 6.25. The minimum absolute atomic E-state index is 0.115. The maximum absolute atomic E-state index is 13.5. The van der Waals surface area contributed by atoms with E-state index in [0.29, 0.717) is 35.6 Å². The maximum Gasteiger partial charge on any atom is 0.259 e. The van der Waals surface area contributed by atoms with E-state index in [1.807, 2.05) is 66.7 Å². The molecule has 2 heterocycles. The zero-order chi connectivity index (χ0) is 21.8. The Hall–Kier alpha value is -4.32. The van der Waals surface area contributed by atoms with Gasteiger partial charge in [-0.05, 0) is 47.5 Å². The van der Waals surface area contributed by atoms with Gasteiger partial charge in [-0.1, -0.05) is 36.4 Å². The van der Waals surface area contributed by atoms with Crippen LogP contribution in [0, 0.1) is 0 Å². The number of hydrogen-bond donors (Lipinski definition) is 3. The van der Waals surface area contributed by atoms with Gasteiger partial charge in [-0.3, -0.25) is 9.59 Å². The second-order valence-corrected chi connectivity index (χ2v) is 8.10. The van der Waals surface area contributed by atoms with Crippen LogP contribution in [-0.2, 0) is 13.1 Å². The van der Waals surface area contributed by atoms with Gasteiger partial charge in [0.05, 0.1) is 29.3 Å².